The van der Waals surface area contributed by atoms with E-state index in [1.54, 1.807) is 41.6 Å². The van der Waals surface area contributed by atoms with E-state index in [2.05, 4.69) is 62.0 Å². The topological polar surface area (TPSA) is 146 Å². The second kappa shape index (κ2) is 24.0. The number of ether oxygens (including phenoxy) is 1. The average molecular weight is 893 g/mol. The summed E-state index contributed by atoms with van der Waals surface area (Å²) in [7, 11) is 0. The fourth-order valence-corrected chi connectivity index (χ4v) is 12.8. The summed E-state index contributed by atoms with van der Waals surface area (Å²) in [6.07, 6.45) is 20.6. The quantitative estimate of drug-likeness (QED) is 0.0514. The van der Waals surface area contributed by atoms with Gasteiger partial charge in [0.25, 0.3) is 0 Å². The highest BCUT2D eigenvalue weighted by Crippen LogP contribution is 2.67. The Balaban J connectivity index is 1.01. The van der Waals surface area contributed by atoms with E-state index < -0.39 is 18.0 Å². The fraction of sp³-hybridized carbons (Fsp3) is 0.769. The second-order valence-corrected chi connectivity index (χ2v) is 22.2. The number of aliphatic hydroxyl groups excluding tert-OH is 1. The maximum Gasteiger partial charge on any atom is 0.246 e. The Labute approximate surface area is 384 Å². The molecule has 4 aliphatic rings. The van der Waals surface area contributed by atoms with Crippen molar-refractivity contribution in [3.05, 3.63) is 41.5 Å². The molecule has 0 aliphatic heterocycles. The highest BCUT2D eigenvalue weighted by Gasteiger charge is 2.59. The summed E-state index contributed by atoms with van der Waals surface area (Å²) in [6.45, 7) is 17.5. The van der Waals surface area contributed by atoms with Crippen LogP contribution in [0.25, 0.3) is 0 Å². The molecule has 0 saturated heterocycles. The third-order valence-electron chi connectivity index (χ3n) is 15.8. The van der Waals surface area contributed by atoms with Gasteiger partial charge >= 0.3 is 0 Å². The number of thioether (sulfide) groups is 1. The normalized spacial score (nSPS) is 27.9. The van der Waals surface area contributed by atoms with Gasteiger partial charge in [0.1, 0.15) is 12.1 Å². The van der Waals surface area contributed by atoms with Crippen LogP contribution in [0.15, 0.2) is 35.9 Å². The molecule has 5 N–H and O–H groups in total. The third-order valence-corrected chi connectivity index (χ3v) is 16.5. The van der Waals surface area contributed by atoms with Crippen molar-refractivity contribution in [2.24, 2.45) is 52.3 Å². The summed E-state index contributed by atoms with van der Waals surface area (Å²) < 4.78 is 6.44. The minimum absolute atomic E-state index is 0.0199. The van der Waals surface area contributed by atoms with E-state index in [-0.39, 0.29) is 49.2 Å². The van der Waals surface area contributed by atoms with E-state index in [1.807, 2.05) is 20.1 Å². The van der Waals surface area contributed by atoms with E-state index in [0.29, 0.717) is 54.7 Å². The van der Waals surface area contributed by atoms with Crippen LogP contribution in [-0.2, 0) is 30.5 Å². The molecule has 0 radical (unpaired) electrons. The second-order valence-electron chi connectivity index (χ2n) is 21.2. The molecular weight excluding hydrogens is 809 g/mol. The predicted octanol–water partition coefficient (Wildman–Crippen LogP) is 9.60. The van der Waals surface area contributed by atoms with Crippen LogP contribution in [0.5, 0.6) is 0 Å². The highest BCUT2D eigenvalue weighted by atomic mass is 32.2. The summed E-state index contributed by atoms with van der Waals surface area (Å²) in [6, 6.07) is 5.23. The number of nitrogens with one attached hydrogen (secondary N) is 4. The van der Waals surface area contributed by atoms with Crippen molar-refractivity contribution in [1.29, 1.82) is 0 Å². The van der Waals surface area contributed by atoms with Gasteiger partial charge in [-0.05, 0) is 153 Å². The van der Waals surface area contributed by atoms with Gasteiger partial charge in [-0.3, -0.25) is 19.2 Å². The maximum absolute atomic E-state index is 13.5. The van der Waals surface area contributed by atoms with E-state index in [1.165, 1.54) is 57.8 Å². The number of rotatable bonds is 24. The Morgan fingerprint density at radius 1 is 0.825 bits per heavy atom. The molecule has 0 aromatic heterocycles. The lowest BCUT2D eigenvalue weighted by atomic mass is 9.47. The maximum atomic E-state index is 13.5. The van der Waals surface area contributed by atoms with Gasteiger partial charge in [0.05, 0.1) is 12.7 Å². The van der Waals surface area contributed by atoms with Crippen LogP contribution < -0.4 is 21.3 Å². The molecule has 4 amide bonds. The Morgan fingerprint density at radius 3 is 2.27 bits per heavy atom. The molecule has 354 valence electrons. The zero-order chi connectivity index (χ0) is 45.7. The number of fused-ring (bicyclic) bond motifs is 5. The van der Waals surface area contributed by atoms with Crippen molar-refractivity contribution in [2.45, 2.75) is 176 Å². The minimum atomic E-state index is -0.842. The van der Waals surface area contributed by atoms with Crippen molar-refractivity contribution < 1.29 is 29.0 Å². The number of amides is 4. The number of hydrogen-bond acceptors (Lipinski definition) is 7. The number of aliphatic hydroxyl groups is 1. The molecule has 63 heavy (non-hydrogen) atoms. The predicted molar refractivity (Wildman–Crippen MR) is 257 cm³/mol. The lowest BCUT2D eigenvalue weighted by Crippen LogP contribution is -2.53. The van der Waals surface area contributed by atoms with E-state index in [4.69, 9.17) is 4.74 Å². The molecule has 4 aliphatic carbocycles. The number of allylic oxidation sites excluding steroid dienone is 1. The van der Waals surface area contributed by atoms with Crippen LogP contribution in [0, 0.1) is 52.3 Å². The molecule has 11 heteroatoms. The molecule has 3 fully saturated rings. The number of carbonyl (C=O) groups excluding carboxylic acids is 4. The van der Waals surface area contributed by atoms with Crippen molar-refractivity contribution in [3.63, 3.8) is 0 Å². The number of anilines is 1. The average Bonchev–Trinajstić information content (AvgIpc) is 3.61. The van der Waals surface area contributed by atoms with E-state index >= 15 is 0 Å². The Morgan fingerprint density at radius 2 is 1.57 bits per heavy atom. The fourth-order valence-electron chi connectivity index (χ4n) is 12.3. The summed E-state index contributed by atoms with van der Waals surface area (Å²) in [5.74, 6) is 4.41. The number of benzene rings is 1. The molecule has 10 atom stereocenters. The lowest BCUT2D eigenvalue weighted by Gasteiger charge is -2.58. The van der Waals surface area contributed by atoms with Crippen molar-refractivity contribution in [3.8, 4) is 0 Å². The SMILES string of the molecule is CSCC[C@H](NC(=O)[C@H](CC(C)C)NC(=O)CCC(=O)NCCCO[C@H]1CC[C@@]2(C)C(=CC[C@H]3C4CC[C@H]([C@H](C)CCCC(C)C)[C@@]4(C)CC[C@@H]32)C1)C(=O)Nc1ccc(CO)cc1. The summed E-state index contributed by atoms with van der Waals surface area (Å²) >= 11 is 1.57. The molecule has 1 aromatic rings. The monoisotopic (exact) mass is 893 g/mol. The van der Waals surface area contributed by atoms with Crippen LogP contribution in [-0.4, -0.2) is 72.1 Å². The molecule has 3 saturated carbocycles. The molecule has 1 unspecified atom stereocenters. The minimum Gasteiger partial charge on any atom is -0.392 e. The van der Waals surface area contributed by atoms with Crippen molar-refractivity contribution in [2.75, 3.05) is 30.5 Å². The molecule has 1 aromatic carbocycles. The molecule has 0 spiro atoms. The van der Waals surface area contributed by atoms with Crippen LogP contribution in [0.4, 0.5) is 5.69 Å². The smallest absolute Gasteiger partial charge is 0.246 e. The van der Waals surface area contributed by atoms with Gasteiger partial charge < -0.3 is 31.1 Å². The van der Waals surface area contributed by atoms with Crippen LogP contribution in [0.3, 0.4) is 0 Å². The van der Waals surface area contributed by atoms with Crippen LogP contribution >= 0.6 is 11.8 Å². The Hall–Kier alpha value is -2.89. The van der Waals surface area contributed by atoms with Gasteiger partial charge in [0, 0.05) is 31.7 Å². The zero-order valence-corrected chi connectivity index (χ0v) is 41.0. The lowest BCUT2D eigenvalue weighted by molar-refractivity contribution is -0.132. The summed E-state index contributed by atoms with van der Waals surface area (Å²) in [5.41, 5.74) is 3.74. The first-order chi connectivity index (χ1) is 30.1. The Kier molecular flexibility index (Phi) is 19.5. The van der Waals surface area contributed by atoms with Gasteiger partial charge in [-0.1, -0.05) is 91.5 Å². The first kappa shape index (κ1) is 51.1. The standard InChI is InChI=1S/C52H84N4O6S/c1-34(2)11-9-12-36(5)42-19-20-43-41-18-15-38-32-40(23-26-51(38,6)44(41)24-27-52(42,43)7)62-29-10-28-53-47(58)21-22-48(59)55-46(31-35(3)4)50(61)56-45(25-30-63-8)49(60)54-39-16-13-37(33-57)14-17-39/h13-17,34-36,40-46,57H,9-12,18-33H2,1-8H3,(H,53,58)(H,54,60)(H,55,59)(H,56,61)/t36-,40+,41+,42-,43?,44+,45+,46+,51+,52-/m1/s1. The first-order valence-electron chi connectivity index (χ1n) is 24.7. The van der Waals surface area contributed by atoms with Gasteiger partial charge in [-0.15, -0.1) is 0 Å². The van der Waals surface area contributed by atoms with Gasteiger partial charge in [-0.2, -0.15) is 11.8 Å². The number of hydrogen-bond donors (Lipinski definition) is 5. The largest absolute Gasteiger partial charge is 0.392 e. The number of carbonyl (C=O) groups is 4. The van der Waals surface area contributed by atoms with Crippen molar-refractivity contribution in [1.82, 2.24) is 16.0 Å². The molecular formula is C52H84N4O6S. The van der Waals surface area contributed by atoms with Crippen molar-refractivity contribution >= 4 is 41.1 Å². The molecule has 0 heterocycles. The molecule has 0 bridgehead atoms. The molecule has 5 rings (SSSR count). The summed E-state index contributed by atoms with van der Waals surface area (Å²) in [5, 5.41) is 20.8. The van der Waals surface area contributed by atoms with Gasteiger partial charge in [-0.25, -0.2) is 0 Å². The van der Waals surface area contributed by atoms with E-state index in [0.717, 1.165) is 53.9 Å². The third kappa shape index (κ3) is 13.8. The van der Waals surface area contributed by atoms with E-state index in [9.17, 15) is 24.3 Å². The highest BCUT2D eigenvalue weighted by molar-refractivity contribution is 7.98. The van der Waals surface area contributed by atoms with Gasteiger partial charge in [0.2, 0.25) is 23.6 Å². The van der Waals surface area contributed by atoms with Crippen LogP contribution in [0.2, 0.25) is 0 Å². The Bertz CT molecular complexity index is 1680. The molecule has 10 nitrogen and oxygen atoms in total. The summed E-state index contributed by atoms with van der Waals surface area (Å²) in [4.78, 5) is 52.5. The van der Waals surface area contributed by atoms with Gasteiger partial charge in [0.15, 0.2) is 0 Å². The van der Waals surface area contributed by atoms with Crippen LogP contribution in [0.1, 0.15) is 157 Å². The first-order valence-corrected chi connectivity index (χ1v) is 26.1. The zero-order valence-electron chi connectivity index (χ0n) is 40.2.